The van der Waals surface area contributed by atoms with E-state index in [1.54, 1.807) is 4.68 Å². The van der Waals surface area contributed by atoms with E-state index in [0.717, 1.165) is 23.1 Å². The Morgan fingerprint density at radius 2 is 1.96 bits per heavy atom. The quantitative estimate of drug-likeness (QED) is 0.761. The summed E-state index contributed by atoms with van der Waals surface area (Å²) in [6, 6.07) is 5.86. The van der Waals surface area contributed by atoms with Crippen LogP contribution in [0, 0.1) is 13.8 Å². The second kappa shape index (κ2) is 7.32. The summed E-state index contributed by atoms with van der Waals surface area (Å²) in [6.07, 6.45) is 1.45. The van der Waals surface area contributed by atoms with E-state index >= 15 is 0 Å². The molecule has 0 aliphatic carbocycles. The number of aromatic nitrogens is 3. The molecule has 2 aromatic rings. The molecule has 0 fully saturated rings. The molecule has 1 heterocycles. The van der Waals surface area contributed by atoms with Crippen LogP contribution in [0.4, 0.5) is 0 Å². The van der Waals surface area contributed by atoms with Gasteiger partial charge in [-0.2, -0.15) is 5.10 Å². The highest BCUT2D eigenvalue weighted by atomic mass is 32.2. The predicted molar refractivity (Wildman–Crippen MR) is 94.9 cm³/mol. The van der Waals surface area contributed by atoms with Crippen molar-refractivity contribution in [2.24, 2.45) is 5.73 Å². The standard InChI is InChI=1S/C16H23N5O3S/c1-11-5-6-13(9-12(11)2)21-16(7-8-20(3)25(4,23)24)18-15(19-21)10-14(17)22/h5-6,9H,7-8,10H2,1-4H3,(H2,17,22). The topological polar surface area (TPSA) is 111 Å². The first-order chi connectivity index (χ1) is 11.6. The van der Waals surface area contributed by atoms with Gasteiger partial charge in [-0.3, -0.25) is 4.79 Å². The first kappa shape index (κ1) is 19.1. The Labute approximate surface area is 147 Å². The van der Waals surface area contributed by atoms with Crippen molar-refractivity contribution in [3.05, 3.63) is 41.0 Å². The Bertz CT molecular complexity index is 889. The van der Waals surface area contributed by atoms with E-state index in [9.17, 15) is 13.2 Å². The monoisotopic (exact) mass is 365 g/mol. The average Bonchev–Trinajstić information content (AvgIpc) is 2.88. The van der Waals surface area contributed by atoms with Crippen LogP contribution in [0.25, 0.3) is 5.69 Å². The summed E-state index contributed by atoms with van der Waals surface area (Å²) in [5.74, 6) is 0.384. The van der Waals surface area contributed by atoms with E-state index in [0.29, 0.717) is 18.1 Å². The van der Waals surface area contributed by atoms with Crippen molar-refractivity contribution in [2.75, 3.05) is 19.8 Å². The van der Waals surface area contributed by atoms with Crippen LogP contribution in [-0.4, -0.2) is 53.2 Å². The number of hydrogen-bond acceptors (Lipinski definition) is 5. The maximum absolute atomic E-state index is 11.6. The van der Waals surface area contributed by atoms with Gasteiger partial charge in [0.25, 0.3) is 0 Å². The van der Waals surface area contributed by atoms with Crippen LogP contribution in [0.2, 0.25) is 0 Å². The smallest absolute Gasteiger partial charge is 0.225 e. The van der Waals surface area contributed by atoms with E-state index in [1.165, 1.54) is 11.4 Å². The number of carbonyl (C=O) groups is 1. The molecule has 25 heavy (non-hydrogen) atoms. The van der Waals surface area contributed by atoms with Crippen molar-refractivity contribution in [3.8, 4) is 5.69 Å². The number of carbonyl (C=O) groups excluding carboxylic acids is 1. The normalized spacial score (nSPS) is 11.9. The number of rotatable bonds is 7. The van der Waals surface area contributed by atoms with Crippen molar-refractivity contribution < 1.29 is 13.2 Å². The third kappa shape index (κ3) is 4.86. The molecular weight excluding hydrogens is 342 g/mol. The lowest BCUT2D eigenvalue weighted by atomic mass is 10.1. The largest absolute Gasteiger partial charge is 0.369 e. The van der Waals surface area contributed by atoms with Gasteiger partial charge < -0.3 is 5.73 Å². The van der Waals surface area contributed by atoms with Gasteiger partial charge in [-0.25, -0.2) is 22.4 Å². The predicted octanol–water partition coefficient (Wildman–Crippen LogP) is 0.346. The Morgan fingerprint density at radius 3 is 2.52 bits per heavy atom. The van der Waals surface area contributed by atoms with Gasteiger partial charge in [0.1, 0.15) is 5.82 Å². The summed E-state index contributed by atoms with van der Waals surface area (Å²) < 4.78 is 26.0. The molecule has 0 bridgehead atoms. The highest BCUT2D eigenvalue weighted by molar-refractivity contribution is 7.88. The van der Waals surface area contributed by atoms with Gasteiger partial charge in [-0.15, -0.1) is 0 Å². The van der Waals surface area contributed by atoms with Crippen LogP contribution in [-0.2, 0) is 27.7 Å². The molecule has 136 valence electrons. The van der Waals surface area contributed by atoms with E-state index in [1.807, 2.05) is 32.0 Å². The molecule has 0 spiro atoms. The number of aryl methyl sites for hydroxylation is 2. The number of benzene rings is 1. The molecule has 0 saturated heterocycles. The first-order valence-corrected chi connectivity index (χ1v) is 9.65. The summed E-state index contributed by atoms with van der Waals surface area (Å²) >= 11 is 0. The molecule has 8 nitrogen and oxygen atoms in total. The van der Waals surface area contributed by atoms with Gasteiger partial charge in [0.15, 0.2) is 5.82 Å². The fraction of sp³-hybridized carbons (Fsp3) is 0.438. The highest BCUT2D eigenvalue weighted by Crippen LogP contribution is 2.16. The molecule has 0 radical (unpaired) electrons. The summed E-state index contributed by atoms with van der Waals surface area (Å²) in [5.41, 5.74) is 8.29. The number of sulfonamides is 1. The van der Waals surface area contributed by atoms with Crippen molar-refractivity contribution in [2.45, 2.75) is 26.7 Å². The van der Waals surface area contributed by atoms with E-state index in [4.69, 9.17) is 5.73 Å². The number of nitrogens with two attached hydrogens (primary N) is 1. The molecule has 0 aliphatic rings. The second-order valence-electron chi connectivity index (χ2n) is 6.10. The molecule has 0 atom stereocenters. The zero-order valence-corrected chi connectivity index (χ0v) is 15.7. The average molecular weight is 365 g/mol. The lowest BCUT2D eigenvalue weighted by molar-refractivity contribution is -0.117. The molecular formula is C16H23N5O3S. The van der Waals surface area contributed by atoms with Crippen LogP contribution < -0.4 is 5.73 Å². The van der Waals surface area contributed by atoms with Crippen molar-refractivity contribution >= 4 is 15.9 Å². The van der Waals surface area contributed by atoms with Gasteiger partial charge in [0.05, 0.1) is 18.4 Å². The maximum atomic E-state index is 11.6. The lowest BCUT2D eigenvalue weighted by Gasteiger charge is -2.14. The molecule has 9 heteroatoms. The number of likely N-dealkylation sites (N-methyl/N-ethyl adjacent to an activating group) is 1. The Morgan fingerprint density at radius 1 is 1.28 bits per heavy atom. The summed E-state index contributed by atoms with van der Waals surface area (Å²) in [5, 5.41) is 4.37. The molecule has 0 saturated carbocycles. The van der Waals surface area contributed by atoms with Crippen LogP contribution >= 0.6 is 0 Å². The van der Waals surface area contributed by atoms with Crippen LogP contribution in [0.15, 0.2) is 18.2 Å². The van der Waals surface area contributed by atoms with Gasteiger partial charge in [0, 0.05) is 20.0 Å². The third-order valence-corrected chi connectivity index (χ3v) is 5.32. The van der Waals surface area contributed by atoms with Gasteiger partial charge in [-0.05, 0) is 37.1 Å². The third-order valence-electron chi connectivity index (χ3n) is 4.00. The zero-order chi connectivity index (χ0) is 18.8. The first-order valence-electron chi connectivity index (χ1n) is 7.80. The molecule has 1 aromatic carbocycles. The molecule has 1 amide bonds. The van der Waals surface area contributed by atoms with Crippen molar-refractivity contribution in [3.63, 3.8) is 0 Å². The molecule has 2 N–H and O–H groups in total. The van der Waals surface area contributed by atoms with Crippen LogP contribution in [0.5, 0.6) is 0 Å². The molecule has 0 aliphatic heterocycles. The van der Waals surface area contributed by atoms with E-state index in [2.05, 4.69) is 10.1 Å². The van der Waals surface area contributed by atoms with Crippen molar-refractivity contribution in [1.29, 1.82) is 0 Å². The minimum Gasteiger partial charge on any atom is -0.369 e. The molecule has 0 unspecified atom stereocenters. The second-order valence-corrected chi connectivity index (χ2v) is 8.19. The van der Waals surface area contributed by atoms with Gasteiger partial charge >= 0.3 is 0 Å². The number of hydrogen-bond donors (Lipinski definition) is 1. The fourth-order valence-corrected chi connectivity index (χ4v) is 2.69. The highest BCUT2D eigenvalue weighted by Gasteiger charge is 2.17. The maximum Gasteiger partial charge on any atom is 0.225 e. The lowest BCUT2D eigenvalue weighted by Crippen LogP contribution is -2.28. The molecule has 2 rings (SSSR count). The zero-order valence-electron chi connectivity index (χ0n) is 14.9. The number of amides is 1. The number of nitrogens with zero attached hydrogens (tertiary/aromatic N) is 4. The Kier molecular flexibility index (Phi) is 5.58. The summed E-state index contributed by atoms with van der Waals surface area (Å²) in [7, 11) is -1.76. The Balaban J connectivity index is 2.37. The van der Waals surface area contributed by atoms with Gasteiger partial charge in [-0.1, -0.05) is 6.07 Å². The summed E-state index contributed by atoms with van der Waals surface area (Å²) in [6.45, 7) is 4.27. The SMILES string of the molecule is Cc1ccc(-n2nc(CC(N)=O)nc2CCN(C)S(C)(=O)=O)cc1C. The summed E-state index contributed by atoms with van der Waals surface area (Å²) in [4.78, 5) is 15.5. The van der Waals surface area contributed by atoms with E-state index in [-0.39, 0.29) is 13.0 Å². The van der Waals surface area contributed by atoms with Crippen LogP contribution in [0.3, 0.4) is 0 Å². The minimum atomic E-state index is -3.27. The molecule has 1 aromatic heterocycles. The van der Waals surface area contributed by atoms with Crippen molar-refractivity contribution in [1.82, 2.24) is 19.1 Å². The Hall–Kier alpha value is -2.26. The fourth-order valence-electron chi connectivity index (χ4n) is 2.27. The van der Waals surface area contributed by atoms with E-state index < -0.39 is 15.9 Å². The van der Waals surface area contributed by atoms with Gasteiger partial charge in [0.2, 0.25) is 15.9 Å². The minimum absolute atomic E-state index is 0.0627. The van der Waals surface area contributed by atoms with Crippen LogP contribution in [0.1, 0.15) is 22.8 Å². The number of primary amides is 1.